The summed E-state index contributed by atoms with van der Waals surface area (Å²) in [6.07, 6.45) is 0. The van der Waals surface area contributed by atoms with E-state index in [9.17, 15) is 0 Å². The van der Waals surface area contributed by atoms with E-state index in [-0.39, 0.29) is 0 Å². The van der Waals surface area contributed by atoms with Crippen molar-refractivity contribution in [2.24, 2.45) is 0 Å². The molecular formula is C12H13NO2. The number of rotatable bonds is 2. The van der Waals surface area contributed by atoms with E-state index in [1.165, 1.54) is 0 Å². The number of benzene rings is 2. The van der Waals surface area contributed by atoms with Crippen LogP contribution in [0.3, 0.4) is 0 Å². The molecule has 78 valence electrons. The van der Waals surface area contributed by atoms with Crippen LogP contribution in [-0.2, 0) is 0 Å². The number of anilines is 1. The molecule has 0 aliphatic heterocycles. The summed E-state index contributed by atoms with van der Waals surface area (Å²) >= 11 is 0. The Balaban J connectivity index is 2.85. The normalized spacial score (nSPS) is 10.3. The summed E-state index contributed by atoms with van der Waals surface area (Å²) < 4.78 is 10.5. The topological polar surface area (TPSA) is 44.5 Å². The molecule has 15 heavy (non-hydrogen) atoms. The minimum absolute atomic E-state index is 0.661. The molecule has 0 aromatic heterocycles. The molecule has 2 N–H and O–H groups in total. The molecule has 2 aromatic carbocycles. The van der Waals surface area contributed by atoms with E-state index in [1.807, 2.05) is 24.3 Å². The van der Waals surface area contributed by atoms with Crippen molar-refractivity contribution >= 4 is 16.5 Å². The maximum atomic E-state index is 5.92. The molecular weight excluding hydrogens is 190 g/mol. The van der Waals surface area contributed by atoms with E-state index in [0.717, 1.165) is 16.5 Å². The molecule has 3 heteroatoms. The second-order valence-corrected chi connectivity index (χ2v) is 3.25. The lowest BCUT2D eigenvalue weighted by Crippen LogP contribution is -1.95. The van der Waals surface area contributed by atoms with E-state index in [2.05, 4.69) is 0 Å². The Kier molecular flexibility index (Phi) is 2.37. The summed E-state index contributed by atoms with van der Waals surface area (Å²) in [4.78, 5) is 0. The zero-order valence-corrected chi connectivity index (χ0v) is 8.78. The minimum atomic E-state index is 0.661. The second kappa shape index (κ2) is 3.69. The quantitative estimate of drug-likeness (QED) is 0.762. The first kappa shape index (κ1) is 9.65. The van der Waals surface area contributed by atoms with Gasteiger partial charge in [0.15, 0.2) is 11.5 Å². The van der Waals surface area contributed by atoms with Crippen LogP contribution in [-0.4, -0.2) is 14.2 Å². The molecule has 0 amide bonds. The van der Waals surface area contributed by atoms with Crippen LogP contribution in [0.15, 0.2) is 30.3 Å². The summed E-state index contributed by atoms with van der Waals surface area (Å²) in [5, 5.41) is 1.95. The Bertz CT molecular complexity index is 494. The number of fused-ring (bicyclic) bond motifs is 1. The van der Waals surface area contributed by atoms with Crippen molar-refractivity contribution in [1.29, 1.82) is 0 Å². The van der Waals surface area contributed by atoms with Gasteiger partial charge in [0, 0.05) is 22.5 Å². The Morgan fingerprint density at radius 2 is 1.67 bits per heavy atom. The SMILES string of the molecule is COc1cc(N)c2ccccc2c1OC. The van der Waals surface area contributed by atoms with Crippen LogP contribution >= 0.6 is 0 Å². The van der Waals surface area contributed by atoms with Gasteiger partial charge < -0.3 is 15.2 Å². The van der Waals surface area contributed by atoms with Crippen molar-refractivity contribution in [3.8, 4) is 11.5 Å². The van der Waals surface area contributed by atoms with Crippen LogP contribution in [0.25, 0.3) is 10.8 Å². The Hall–Kier alpha value is -1.90. The van der Waals surface area contributed by atoms with Crippen LogP contribution in [0.2, 0.25) is 0 Å². The molecule has 0 fully saturated rings. The second-order valence-electron chi connectivity index (χ2n) is 3.25. The van der Waals surface area contributed by atoms with Crippen molar-refractivity contribution in [2.75, 3.05) is 20.0 Å². The van der Waals surface area contributed by atoms with Crippen molar-refractivity contribution in [3.63, 3.8) is 0 Å². The predicted octanol–water partition coefficient (Wildman–Crippen LogP) is 2.44. The Morgan fingerprint density at radius 3 is 2.27 bits per heavy atom. The minimum Gasteiger partial charge on any atom is -0.493 e. The van der Waals surface area contributed by atoms with E-state index in [0.29, 0.717) is 11.4 Å². The van der Waals surface area contributed by atoms with Gasteiger partial charge in [-0.1, -0.05) is 24.3 Å². The molecule has 3 nitrogen and oxygen atoms in total. The monoisotopic (exact) mass is 203 g/mol. The van der Waals surface area contributed by atoms with Gasteiger partial charge in [-0.15, -0.1) is 0 Å². The highest BCUT2D eigenvalue weighted by atomic mass is 16.5. The van der Waals surface area contributed by atoms with Gasteiger partial charge in [-0.3, -0.25) is 0 Å². The van der Waals surface area contributed by atoms with Gasteiger partial charge in [-0.05, 0) is 0 Å². The molecule has 0 saturated carbocycles. The first-order chi connectivity index (χ1) is 7.27. The molecule has 2 aromatic rings. The molecule has 0 heterocycles. The van der Waals surface area contributed by atoms with Crippen molar-refractivity contribution in [2.45, 2.75) is 0 Å². The van der Waals surface area contributed by atoms with Crippen LogP contribution < -0.4 is 15.2 Å². The lowest BCUT2D eigenvalue weighted by Gasteiger charge is -2.12. The number of hydrogen-bond acceptors (Lipinski definition) is 3. The van der Waals surface area contributed by atoms with Gasteiger partial charge in [0.05, 0.1) is 14.2 Å². The Morgan fingerprint density at radius 1 is 1.00 bits per heavy atom. The highest BCUT2D eigenvalue weighted by Crippen LogP contribution is 2.38. The lowest BCUT2D eigenvalue weighted by atomic mass is 10.1. The predicted molar refractivity (Wildman–Crippen MR) is 61.5 cm³/mol. The zero-order valence-electron chi connectivity index (χ0n) is 8.78. The van der Waals surface area contributed by atoms with Crippen molar-refractivity contribution in [1.82, 2.24) is 0 Å². The van der Waals surface area contributed by atoms with E-state index in [1.54, 1.807) is 20.3 Å². The molecule has 0 atom stereocenters. The van der Waals surface area contributed by atoms with Crippen molar-refractivity contribution in [3.05, 3.63) is 30.3 Å². The van der Waals surface area contributed by atoms with Crippen LogP contribution in [0.1, 0.15) is 0 Å². The summed E-state index contributed by atoms with van der Waals surface area (Å²) in [7, 11) is 3.23. The van der Waals surface area contributed by atoms with Gasteiger partial charge in [0.25, 0.3) is 0 Å². The third kappa shape index (κ3) is 1.46. The summed E-state index contributed by atoms with van der Waals surface area (Å²) in [6, 6.07) is 9.61. The van der Waals surface area contributed by atoms with Crippen LogP contribution in [0.5, 0.6) is 11.5 Å². The number of methoxy groups -OCH3 is 2. The lowest BCUT2D eigenvalue weighted by molar-refractivity contribution is 0.359. The number of hydrogen-bond donors (Lipinski definition) is 1. The maximum Gasteiger partial charge on any atom is 0.168 e. The first-order valence-electron chi connectivity index (χ1n) is 4.67. The molecule has 0 aliphatic carbocycles. The van der Waals surface area contributed by atoms with E-state index in [4.69, 9.17) is 15.2 Å². The van der Waals surface area contributed by atoms with Gasteiger partial charge >= 0.3 is 0 Å². The molecule has 0 bridgehead atoms. The van der Waals surface area contributed by atoms with Gasteiger partial charge in [0.1, 0.15) is 0 Å². The average molecular weight is 203 g/mol. The van der Waals surface area contributed by atoms with Gasteiger partial charge in [-0.2, -0.15) is 0 Å². The fraction of sp³-hybridized carbons (Fsp3) is 0.167. The third-order valence-electron chi connectivity index (χ3n) is 2.42. The van der Waals surface area contributed by atoms with E-state index >= 15 is 0 Å². The Labute approximate surface area is 88.4 Å². The fourth-order valence-corrected chi connectivity index (χ4v) is 1.71. The van der Waals surface area contributed by atoms with E-state index < -0.39 is 0 Å². The highest BCUT2D eigenvalue weighted by Gasteiger charge is 2.10. The molecule has 2 rings (SSSR count). The maximum absolute atomic E-state index is 5.92. The molecule has 0 unspecified atom stereocenters. The van der Waals surface area contributed by atoms with Crippen LogP contribution in [0, 0.1) is 0 Å². The molecule has 0 aliphatic rings. The number of nitrogens with two attached hydrogens (primary N) is 1. The summed E-state index contributed by atoms with van der Waals surface area (Å²) in [5.74, 6) is 1.39. The smallest absolute Gasteiger partial charge is 0.168 e. The highest BCUT2D eigenvalue weighted by molar-refractivity contribution is 5.99. The zero-order chi connectivity index (χ0) is 10.8. The number of ether oxygens (including phenoxy) is 2. The summed E-state index contributed by atoms with van der Waals surface area (Å²) in [6.45, 7) is 0. The van der Waals surface area contributed by atoms with Gasteiger partial charge in [0.2, 0.25) is 0 Å². The standard InChI is InChI=1S/C12H13NO2/c1-14-11-7-10(13)8-5-3-4-6-9(8)12(11)15-2/h3-7H,13H2,1-2H3. The number of nitrogen functional groups attached to an aromatic ring is 1. The summed E-state index contributed by atoms with van der Waals surface area (Å²) in [5.41, 5.74) is 6.62. The third-order valence-corrected chi connectivity index (χ3v) is 2.42. The molecule has 0 spiro atoms. The largest absolute Gasteiger partial charge is 0.493 e. The fourth-order valence-electron chi connectivity index (χ4n) is 1.71. The average Bonchev–Trinajstić information content (AvgIpc) is 2.29. The molecule has 0 saturated heterocycles. The first-order valence-corrected chi connectivity index (χ1v) is 4.67. The van der Waals surface area contributed by atoms with Crippen LogP contribution in [0.4, 0.5) is 5.69 Å². The van der Waals surface area contributed by atoms with Crippen molar-refractivity contribution < 1.29 is 9.47 Å². The van der Waals surface area contributed by atoms with Gasteiger partial charge in [-0.25, -0.2) is 0 Å². The molecule has 0 radical (unpaired) electrons.